The normalized spacial score (nSPS) is 16.9. The van der Waals surface area contributed by atoms with Gasteiger partial charge in [-0.05, 0) is 53.2 Å². The van der Waals surface area contributed by atoms with Crippen molar-refractivity contribution in [2.24, 2.45) is 5.92 Å². The molecule has 0 radical (unpaired) electrons. The summed E-state index contributed by atoms with van der Waals surface area (Å²) in [7, 11) is 0. The predicted molar refractivity (Wildman–Crippen MR) is 82.5 cm³/mol. The lowest BCUT2D eigenvalue weighted by molar-refractivity contribution is 0.516. The predicted octanol–water partition coefficient (Wildman–Crippen LogP) is 4.39. The molecule has 0 aromatic heterocycles. The summed E-state index contributed by atoms with van der Waals surface area (Å²) in [6.45, 7) is 1.12. The number of anilines is 1. The van der Waals surface area contributed by atoms with Crippen LogP contribution in [0.25, 0.3) is 10.8 Å². The number of benzene rings is 2. The fourth-order valence-electron chi connectivity index (χ4n) is 2.51. The maximum atomic E-state index is 3.60. The van der Waals surface area contributed by atoms with E-state index in [9.17, 15) is 0 Å². The van der Waals surface area contributed by atoms with E-state index in [0.717, 1.165) is 12.5 Å². The molecule has 0 aliphatic carbocycles. The average Bonchev–Trinajstić information content (AvgIpc) is 2.46. The summed E-state index contributed by atoms with van der Waals surface area (Å²) in [5.74, 6) is 3.53. The molecule has 1 heterocycles. The summed E-state index contributed by atoms with van der Waals surface area (Å²) >= 11 is 2.09. The van der Waals surface area contributed by atoms with Gasteiger partial charge in [0, 0.05) is 12.2 Å². The molecule has 0 bridgehead atoms. The highest BCUT2D eigenvalue weighted by Crippen LogP contribution is 2.24. The van der Waals surface area contributed by atoms with Gasteiger partial charge >= 0.3 is 0 Å². The third kappa shape index (κ3) is 2.81. The number of fused-ring (bicyclic) bond motifs is 1. The zero-order valence-corrected chi connectivity index (χ0v) is 11.4. The maximum Gasteiger partial charge on any atom is 0.0346 e. The van der Waals surface area contributed by atoms with E-state index >= 15 is 0 Å². The quantitative estimate of drug-likeness (QED) is 0.875. The van der Waals surface area contributed by atoms with Gasteiger partial charge in [-0.25, -0.2) is 0 Å². The first-order valence-electron chi connectivity index (χ1n) is 6.72. The first-order chi connectivity index (χ1) is 8.92. The topological polar surface area (TPSA) is 12.0 Å². The van der Waals surface area contributed by atoms with Crippen LogP contribution in [0.3, 0.4) is 0 Å². The Bertz CT molecular complexity index is 517. The van der Waals surface area contributed by atoms with Gasteiger partial charge in [-0.3, -0.25) is 0 Å². The maximum absolute atomic E-state index is 3.60. The van der Waals surface area contributed by atoms with Crippen LogP contribution in [-0.2, 0) is 0 Å². The highest BCUT2D eigenvalue weighted by Gasteiger charge is 2.12. The van der Waals surface area contributed by atoms with Crippen LogP contribution in [0.1, 0.15) is 12.8 Å². The van der Waals surface area contributed by atoms with Crippen LogP contribution in [-0.4, -0.2) is 18.1 Å². The minimum atomic E-state index is 0.859. The van der Waals surface area contributed by atoms with Crippen molar-refractivity contribution in [2.45, 2.75) is 12.8 Å². The Morgan fingerprint density at radius 2 is 1.78 bits per heavy atom. The van der Waals surface area contributed by atoms with Crippen molar-refractivity contribution in [3.63, 3.8) is 0 Å². The Labute approximate surface area is 113 Å². The van der Waals surface area contributed by atoms with Crippen LogP contribution in [0.15, 0.2) is 42.5 Å². The van der Waals surface area contributed by atoms with E-state index < -0.39 is 0 Å². The smallest absolute Gasteiger partial charge is 0.0346 e. The summed E-state index contributed by atoms with van der Waals surface area (Å²) in [4.78, 5) is 0. The Morgan fingerprint density at radius 3 is 2.61 bits per heavy atom. The highest BCUT2D eigenvalue weighted by atomic mass is 32.2. The largest absolute Gasteiger partial charge is 0.385 e. The Balaban J connectivity index is 1.66. The van der Waals surface area contributed by atoms with E-state index in [0.29, 0.717) is 0 Å². The van der Waals surface area contributed by atoms with Crippen molar-refractivity contribution < 1.29 is 0 Å². The van der Waals surface area contributed by atoms with Crippen LogP contribution in [0.2, 0.25) is 0 Å². The SMILES string of the molecule is c1ccc2cc(NCC3CCSCC3)ccc2c1. The summed E-state index contributed by atoms with van der Waals surface area (Å²) in [6, 6.07) is 15.2. The second-order valence-electron chi connectivity index (χ2n) is 5.00. The van der Waals surface area contributed by atoms with Crippen molar-refractivity contribution in [3.05, 3.63) is 42.5 Å². The lowest BCUT2D eigenvalue weighted by atomic mass is 10.0. The molecule has 1 aliphatic heterocycles. The first-order valence-corrected chi connectivity index (χ1v) is 7.88. The minimum absolute atomic E-state index is 0.859. The van der Waals surface area contributed by atoms with Gasteiger partial charge in [-0.1, -0.05) is 30.3 Å². The third-order valence-corrected chi connectivity index (χ3v) is 4.73. The van der Waals surface area contributed by atoms with Gasteiger partial charge in [-0.2, -0.15) is 11.8 Å². The van der Waals surface area contributed by atoms with Gasteiger partial charge in [-0.15, -0.1) is 0 Å². The number of thioether (sulfide) groups is 1. The van der Waals surface area contributed by atoms with Crippen LogP contribution >= 0.6 is 11.8 Å². The summed E-state index contributed by atoms with van der Waals surface area (Å²) in [6.07, 6.45) is 2.73. The van der Waals surface area contributed by atoms with Gasteiger partial charge in [0.05, 0.1) is 0 Å². The summed E-state index contributed by atoms with van der Waals surface area (Å²) in [5.41, 5.74) is 1.26. The molecule has 0 saturated carbocycles. The Morgan fingerprint density at radius 1 is 1.00 bits per heavy atom. The van der Waals surface area contributed by atoms with Gasteiger partial charge in [0.2, 0.25) is 0 Å². The van der Waals surface area contributed by atoms with Crippen LogP contribution < -0.4 is 5.32 Å². The fourth-order valence-corrected chi connectivity index (χ4v) is 3.72. The molecule has 1 N–H and O–H groups in total. The molecule has 94 valence electrons. The van der Waals surface area contributed by atoms with E-state index in [-0.39, 0.29) is 0 Å². The fraction of sp³-hybridized carbons (Fsp3) is 0.375. The molecule has 2 heteroatoms. The number of nitrogens with one attached hydrogen (secondary N) is 1. The average molecular weight is 257 g/mol. The molecule has 2 aromatic carbocycles. The van der Waals surface area contributed by atoms with Crippen molar-refractivity contribution in [1.82, 2.24) is 0 Å². The zero-order valence-electron chi connectivity index (χ0n) is 10.6. The van der Waals surface area contributed by atoms with Gasteiger partial charge in [0.1, 0.15) is 0 Å². The van der Waals surface area contributed by atoms with E-state index in [1.807, 2.05) is 0 Å². The molecule has 0 amide bonds. The third-order valence-electron chi connectivity index (χ3n) is 3.69. The number of hydrogen-bond acceptors (Lipinski definition) is 2. The van der Waals surface area contributed by atoms with E-state index in [1.54, 1.807) is 0 Å². The van der Waals surface area contributed by atoms with E-state index in [1.165, 1.54) is 40.8 Å². The van der Waals surface area contributed by atoms with Gasteiger partial charge in [0.15, 0.2) is 0 Å². The van der Waals surface area contributed by atoms with Crippen LogP contribution in [0.4, 0.5) is 5.69 Å². The Kier molecular flexibility index (Phi) is 3.75. The van der Waals surface area contributed by atoms with Crippen molar-refractivity contribution in [2.75, 3.05) is 23.4 Å². The number of hydrogen-bond donors (Lipinski definition) is 1. The van der Waals surface area contributed by atoms with Crippen molar-refractivity contribution in [3.8, 4) is 0 Å². The molecule has 0 unspecified atom stereocenters. The van der Waals surface area contributed by atoms with E-state index in [2.05, 4.69) is 59.5 Å². The molecule has 0 spiro atoms. The van der Waals surface area contributed by atoms with Crippen LogP contribution in [0, 0.1) is 5.92 Å². The standard InChI is InChI=1S/C16H19NS/c1-2-4-15-11-16(6-5-14(15)3-1)17-12-13-7-9-18-10-8-13/h1-6,11,13,17H,7-10,12H2. The van der Waals surface area contributed by atoms with Gasteiger partial charge < -0.3 is 5.32 Å². The van der Waals surface area contributed by atoms with Crippen molar-refractivity contribution >= 4 is 28.2 Å². The lowest BCUT2D eigenvalue weighted by Crippen LogP contribution is -2.19. The first kappa shape index (κ1) is 11.9. The molecular weight excluding hydrogens is 238 g/mol. The molecule has 18 heavy (non-hydrogen) atoms. The second-order valence-corrected chi connectivity index (χ2v) is 6.22. The molecule has 1 saturated heterocycles. The molecule has 1 aliphatic rings. The monoisotopic (exact) mass is 257 g/mol. The highest BCUT2D eigenvalue weighted by molar-refractivity contribution is 7.99. The minimum Gasteiger partial charge on any atom is -0.385 e. The van der Waals surface area contributed by atoms with E-state index in [4.69, 9.17) is 0 Å². The number of rotatable bonds is 3. The molecule has 0 atom stereocenters. The van der Waals surface area contributed by atoms with Gasteiger partial charge in [0.25, 0.3) is 0 Å². The molecule has 1 nitrogen and oxygen atoms in total. The molecule has 3 rings (SSSR count). The molecule has 1 fully saturated rings. The molecular formula is C16H19NS. The second kappa shape index (κ2) is 5.66. The van der Waals surface area contributed by atoms with Crippen molar-refractivity contribution in [1.29, 1.82) is 0 Å². The summed E-state index contributed by atoms with van der Waals surface area (Å²) in [5, 5.41) is 6.24. The van der Waals surface area contributed by atoms with Crippen LogP contribution in [0.5, 0.6) is 0 Å². The summed E-state index contributed by atoms with van der Waals surface area (Å²) < 4.78 is 0. The zero-order chi connectivity index (χ0) is 12.2. The Hall–Kier alpha value is -1.15. The lowest BCUT2D eigenvalue weighted by Gasteiger charge is -2.22. The molecule has 2 aromatic rings.